The molecule has 1 fully saturated rings. The van der Waals surface area contributed by atoms with E-state index in [0.717, 1.165) is 10.8 Å². The molecule has 0 saturated carbocycles. The van der Waals surface area contributed by atoms with Crippen LogP contribution in [-0.4, -0.2) is 31.4 Å². The van der Waals surface area contributed by atoms with E-state index in [1.165, 1.54) is 7.11 Å². The molecule has 1 aliphatic heterocycles. The predicted molar refractivity (Wildman–Crippen MR) is 88.0 cm³/mol. The third-order valence-corrected chi connectivity index (χ3v) is 4.81. The minimum absolute atomic E-state index is 0.398. The molecule has 5 nitrogen and oxygen atoms in total. The van der Waals surface area contributed by atoms with Gasteiger partial charge in [-0.3, -0.25) is 0 Å². The number of furan rings is 1. The molecule has 23 heavy (non-hydrogen) atoms. The van der Waals surface area contributed by atoms with E-state index in [-0.39, 0.29) is 0 Å². The van der Waals surface area contributed by atoms with Crippen molar-refractivity contribution in [2.24, 2.45) is 0 Å². The van der Waals surface area contributed by atoms with Crippen LogP contribution in [0.5, 0.6) is 0 Å². The van der Waals surface area contributed by atoms with Gasteiger partial charge < -0.3 is 18.5 Å². The fourth-order valence-corrected chi connectivity index (χ4v) is 2.72. The monoisotopic (exact) mass is 316 g/mol. The molecule has 0 bridgehead atoms. The van der Waals surface area contributed by atoms with Crippen molar-refractivity contribution in [3.05, 3.63) is 29.5 Å². The molecule has 2 heterocycles. The van der Waals surface area contributed by atoms with E-state index < -0.39 is 24.3 Å². The number of hydrogen-bond acceptors (Lipinski definition) is 5. The Hall–Kier alpha value is -1.79. The molecule has 1 aromatic carbocycles. The summed E-state index contributed by atoms with van der Waals surface area (Å²) in [6.45, 7) is 9.80. The van der Waals surface area contributed by atoms with Gasteiger partial charge in [0.05, 0.1) is 18.3 Å². The van der Waals surface area contributed by atoms with Crippen LogP contribution in [0.2, 0.25) is 0 Å². The average molecular weight is 316 g/mol. The van der Waals surface area contributed by atoms with Crippen molar-refractivity contribution in [2.75, 3.05) is 7.11 Å². The molecule has 1 saturated heterocycles. The molecule has 0 atom stereocenters. The Morgan fingerprint density at radius 1 is 1.13 bits per heavy atom. The van der Waals surface area contributed by atoms with Crippen molar-refractivity contribution >= 4 is 29.5 Å². The van der Waals surface area contributed by atoms with Crippen LogP contribution in [0.4, 0.5) is 0 Å². The number of methoxy groups -OCH3 is 1. The fourth-order valence-electron chi connectivity index (χ4n) is 2.72. The largest absolute Gasteiger partial charge is 0.494 e. The van der Waals surface area contributed by atoms with Crippen LogP contribution in [0.25, 0.3) is 11.0 Å². The van der Waals surface area contributed by atoms with Gasteiger partial charge in [-0.15, -0.1) is 0 Å². The summed E-state index contributed by atoms with van der Waals surface area (Å²) < 4.78 is 22.6. The molecule has 0 N–H and O–H groups in total. The van der Waals surface area contributed by atoms with Gasteiger partial charge in [-0.25, -0.2) is 4.79 Å². The Morgan fingerprint density at radius 3 is 2.30 bits per heavy atom. The number of rotatable bonds is 2. The third kappa shape index (κ3) is 2.46. The number of aryl methyl sites for hydroxylation is 1. The van der Waals surface area contributed by atoms with Gasteiger partial charge in [-0.1, -0.05) is 12.1 Å². The second-order valence-electron chi connectivity index (χ2n) is 6.87. The van der Waals surface area contributed by atoms with Crippen LogP contribution >= 0.6 is 0 Å². The van der Waals surface area contributed by atoms with Gasteiger partial charge in [0.1, 0.15) is 16.9 Å². The summed E-state index contributed by atoms with van der Waals surface area (Å²) in [6, 6.07) is 5.60. The second-order valence-corrected chi connectivity index (χ2v) is 6.87. The first-order valence-corrected chi connectivity index (χ1v) is 7.63. The van der Waals surface area contributed by atoms with Crippen molar-refractivity contribution in [1.29, 1.82) is 0 Å². The quantitative estimate of drug-likeness (QED) is 0.630. The van der Waals surface area contributed by atoms with Crippen LogP contribution < -0.4 is 5.46 Å². The maximum atomic E-state index is 11.9. The molecule has 0 amide bonds. The van der Waals surface area contributed by atoms with Gasteiger partial charge >= 0.3 is 13.1 Å². The zero-order valence-corrected chi connectivity index (χ0v) is 14.4. The van der Waals surface area contributed by atoms with E-state index in [2.05, 4.69) is 0 Å². The summed E-state index contributed by atoms with van der Waals surface area (Å²) in [6.07, 6.45) is 0. The molecule has 0 spiro atoms. The van der Waals surface area contributed by atoms with Crippen molar-refractivity contribution in [2.45, 2.75) is 45.8 Å². The summed E-state index contributed by atoms with van der Waals surface area (Å²) in [5, 5.41) is 0.731. The highest BCUT2D eigenvalue weighted by atomic mass is 16.7. The zero-order chi connectivity index (χ0) is 17.0. The van der Waals surface area contributed by atoms with E-state index >= 15 is 0 Å². The highest BCUT2D eigenvalue weighted by Gasteiger charge is 2.51. The normalized spacial score (nSPS) is 19.3. The van der Waals surface area contributed by atoms with Gasteiger partial charge in [0.25, 0.3) is 0 Å². The molecule has 6 heteroatoms. The lowest BCUT2D eigenvalue weighted by atomic mass is 9.79. The lowest BCUT2D eigenvalue weighted by Gasteiger charge is -2.32. The van der Waals surface area contributed by atoms with Crippen LogP contribution in [0.1, 0.15) is 43.8 Å². The van der Waals surface area contributed by atoms with Gasteiger partial charge in [0.15, 0.2) is 0 Å². The Bertz CT molecular complexity index is 759. The fraction of sp³-hybridized carbons (Fsp3) is 0.471. The first-order valence-electron chi connectivity index (χ1n) is 7.63. The van der Waals surface area contributed by atoms with Crippen molar-refractivity contribution in [3.63, 3.8) is 0 Å². The first-order chi connectivity index (χ1) is 10.7. The van der Waals surface area contributed by atoms with Crippen molar-refractivity contribution < 1.29 is 23.3 Å². The highest BCUT2D eigenvalue weighted by Crippen LogP contribution is 2.36. The number of carbonyl (C=O) groups is 1. The third-order valence-electron chi connectivity index (χ3n) is 4.81. The number of ether oxygens (including phenoxy) is 1. The van der Waals surface area contributed by atoms with Crippen LogP contribution in [0.3, 0.4) is 0 Å². The number of benzene rings is 1. The van der Waals surface area contributed by atoms with E-state index in [4.69, 9.17) is 18.5 Å². The Labute approximate surface area is 136 Å². The smallest absolute Gasteiger partial charge is 0.465 e. The molecular formula is C17H21BO5. The number of fused-ring (bicyclic) bond motifs is 1. The van der Waals surface area contributed by atoms with Gasteiger partial charge in [0.2, 0.25) is 0 Å². The predicted octanol–water partition coefficient (Wildman–Crippen LogP) is 2.83. The van der Waals surface area contributed by atoms with Crippen molar-refractivity contribution in [1.82, 2.24) is 0 Å². The first kappa shape index (κ1) is 16.1. The molecule has 2 aromatic rings. The molecule has 0 radical (unpaired) electrons. The average Bonchev–Trinajstić information content (AvgIpc) is 2.90. The summed E-state index contributed by atoms with van der Waals surface area (Å²) in [5.41, 5.74) is 1.14. The van der Waals surface area contributed by atoms with Crippen molar-refractivity contribution in [3.8, 4) is 0 Å². The van der Waals surface area contributed by atoms with Crippen LogP contribution in [0.15, 0.2) is 22.6 Å². The van der Waals surface area contributed by atoms with Gasteiger partial charge in [-0.05, 0) is 46.1 Å². The zero-order valence-electron chi connectivity index (χ0n) is 14.4. The summed E-state index contributed by atoms with van der Waals surface area (Å²) in [5.74, 6) is 0.141. The maximum Gasteiger partial charge on any atom is 0.494 e. The van der Waals surface area contributed by atoms with Crippen LogP contribution in [-0.2, 0) is 14.0 Å². The van der Waals surface area contributed by atoms with E-state index in [0.29, 0.717) is 16.9 Å². The van der Waals surface area contributed by atoms with Gasteiger partial charge in [-0.2, -0.15) is 0 Å². The highest BCUT2D eigenvalue weighted by molar-refractivity contribution is 6.62. The van der Waals surface area contributed by atoms with Crippen LogP contribution in [0, 0.1) is 6.92 Å². The lowest BCUT2D eigenvalue weighted by molar-refractivity contribution is 0.00578. The summed E-state index contributed by atoms with van der Waals surface area (Å²) in [7, 11) is 0.899. The standard InChI is InChI=1S/C17H21BO5/c1-10-14(15(19)20-6)12-8-7-11(9-13(12)21-10)18-22-16(2,3)17(4,5)23-18/h7-9H,1-6H3. The molecule has 122 valence electrons. The molecule has 0 aliphatic carbocycles. The molecule has 1 aliphatic rings. The van der Waals surface area contributed by atoms with E-state index in [1.807, 2.05) is 45.9 Å². The second kappa shape index (κ2) is 5.11. The molecule has 3 rings (SSSR count). The summed E-state index contributed by atoms with van der Waals surface area (Å²) in [4.78, 5) is 11.9. The minimum Gasteiger partial charge on any atom is -0.465 e. The number of hydrogen-bond donors (Lipinski definition) is 0. The SMILES string of the molecule is COC(=O)c1c(C)oc2cc(B3OC(C)(C)C(C)(C)O3)ccc12. The molecule has 0 unspecified atom stereocenters. The molecular weight excluding hydrogens is 295 g/mol. The lowest BCUT2D eigenvalue weighted by Crippen LogP contribution is -2.41. The molecule has 1 aromatic heterocycles. The maximum absolute atomic E-state index is 11.9. The topological polar surface area (TPSA) is 57.9 Å². The Kier molecular flexibility index (Phi) is 3.57. The summed E-state index contributed by atoms with van der Waals surface area (Å²) >= 11 is 0. The van der Waals surface area contributed by atoms with Gasteiger partial charge in [0, 0.05) is 5.39 Å². The Balaban J connectivity index is 2.01. The Morgan fingerprint density at radius 2 is 1.74 bits per heavy atom. The number of carbonyl (C=O) groups excluding carboxylic acids is 1. The van der Waals surface area contributed by atoms with E-state index in [9.17, 15) is 4.79 Å². The number of esters is 1. The van der Waals surface area contributed by atoms with E-state index in [1.54, 1.807) is 6.92 Å². The minimum atomic E-state index is -0.462.